The Morgan fingerprint density at radius 2 is 1.57 bits per heavy atom. The molecule has 2 rings (SSSR count). The molecule has 0 spiro atoms. The van der Waals surface area contributed by atoms with Crippen LogP contribution in [0.15, 0.2) is 36.7 Å². The van der Waals surface area contributed by atoms with Crippen molar-refractivity contribution in [3.63, 3.8) is 0 Å². The number of hydrogen-bond acceptors (Lipinski definition) is 3. The molecule has 154 valence electrons. The number of benzene rings is 1. The summed E-state index contributed by atoms with van der Waals surface area (Å²) in [5, 5.41) is 0. The molecule has 0 amide bonds. The molecule has 0 aliphatic carbocycles. The average molecular weight is 387 g/mol. The molecule has 4 heteroatoms. The Hall–Kier alpha value is -1.97. The first-order valence-electron chi connectivity index (χ1n) is 10.8. The molecule has 28 heavy (non-hydrogen) atoms. The summed E-state index contributed by atoms with van der Waals surface area (Å²) in [4.78, 5) is 9.01. The van der Waals surface area contributed by atoms with Crippen LogP contribution in [0.5, 0.6) is 5.75 Å². The van der Waals surface area contributed by atoms with Gasteiger partial charge < -0.3 is 4.74 Å². The maximum absolute atomic E-state index is 13.9. The fraction of sp³-hybridized carbons (Fsp3) is 0.583. The number of nitrogens with zero attached hydrogens (tertiary/aromatic N) is 2. The minimum atomic E-state index is -0.938. The highest BCUT2D eigenvalue weighted by atomic mass is 19.1. The van der Waals surface area contributed by atoms with Crippen LogP contribution < -0.4 is 4.74 Å². The normalized spacial score (nSPS) is 13.3. The van der Waals surface area contributed by atoms with Crippen LogP contribution in [0.4, 0.5) is 4.39 Å². The predicted octanol–water partition coefficient (Wildman–Crippen LogP) is 6.81. The molecule has 1 aromatic carbocycles. The molecule has 0 N–H and O–H groups in total. The Labute approximate surface area is 169 Å². The first-order chi connectivity index (χ1) is 13.6. The van der Waals surface area contributed by atoms with Crippen molar-refractivity contribution in [3.05, 3.63) is 42.2 Å². The van der Waals surface area contributed by atoms with E-state index in [4.69, 9.17) is 4.74 Å². The summed E-state index contributed by atoms with van der Waals surface area (Å²) in [6.45, 7) is 6.24. The van der Waals surface area contributed by atoms with Crippen LogP contribution in [0, 0.1) is 5.92 Å². The topological polar surface area (TPSA) is 35.0 Å². The van der Waals surface area contributed by atoms with Gasteiger partial charge >= 0.3 is 0 Å². The summed E-state index contributed by atoms with van der Waals surface area (Å²) >= 11 is 0. The second kappa shape index (κ2) is 12.5. The number of ether oxygens (including phenoxy) is 1. The summed E-state index contributed by atoms with van der Waals surface area (Å²) in [7, 11) is 0. The lowest BCUT2D eigenvalue weighted by Gasteiger charge is -2.15. The smallest absolute Gasteiger partial charge is 0.159 e. The highest BCUT2D eigenvalue weighted by Crippen LogP contribution is 2.21. The second-order valence-corrected chi connectivity index (χ2v) is 7.67. The van der Waals surface area contributed by atoms with Gasteiger partial charge in [0.2, 0.25) is 0 Å². The van der Waals surface area contributed by atoms with Gasteiger partial charge in [-0.1, -0.05) is 59.3 Å². The van der Waals surface area contributed by atoms with Gasteiger partial charge in [0.1, 0.15) is 18.5 Å². The van der Waals surface area contributed by atoms with Crippen LogP contribution in [0.1, 0.15) is 71.3 Å². The molecule has 1 heterocycles. The van der Waals surface area contributed by atoms with E-state index in [1.54, 1.807) is 0 Å². The maximum Gasteiger partial charge on any atom is 0.159 e. The number of rotatable bonds is 13. The van der Waals surface area contributed by atoms with E-state index in [0.29, 0.717) is 11.6 Å². The molecule has 2 atom stereocenters. The zero-order chi connectivity index (χ0) is 20.2. The van der Waals surface area contributed by atoms with E-state index in [2.05, 4.69) is 16.9 Å². The first-order valence-corrected chi connectivity index (χ1v) is 10.8. The third-order valence-electron chi connectivity index (χ3n) is 5.31. The molecule has 2 aromatic rings. The van der Waals surface area contributed by atoms with Gasteiger partial charge in [-0.3, -0.25) is 0 Å². The molecule has 0 radical (unpaired) electrons. The van der Waals surface area contributed by atoms with E-state index >= 15 is 0 Å². The highest BCUT2D eigenvalue weighted by molar-refractivity contribution is 5.55. The first kappa shape index (κ1) is 22.3. The molecule has 3 nitrogen and oxygen atoms in total. The molecule has 0 aliphatic heterocycles. The molecular weight excluding hydrogens is 351 g/mol. The fourth-order valence-electron chi connectivity index (χ4n) is 3.04. The van der Waals surface area contributed by atoms with E-state index in [1.165, 1.54) is 44.1 Å². The molecule has 1 aromatic heterocycles. The quantitative estimate of drug-likeness (QED) is 0.355. The van der Waals surface area contributed by atoms with Crippen molar-refractivity contribution >= 4 is 0 Å². The fourth-order valence-corrected chi connectivity index (χ4v) is 3.04. The van der Waals surface area contributed by atoms with Gasteiger partial charge in [-0.05, 0) is 48.6 Å². The van der Waals surface area contributed by atoms with Gasteiger partial charge in [0.15, 0.2) is 5.82 Å². The molecule has 0 saturated heterocycles. The van der Waals surface area contributed by atoms with Gasteiger partial charge in [-0.2, -0.15) is 0 Å². The van der Waals surface area contributed by atoms with E-state index in [9.17, 15) is 4.39 Å². The molecule has 0 saturated carbocycles. The summed E-state index contributed by atoms with van der Waals surface area (Å²) in [5.74, 6) is 1.40. The second-order valence-electron chi connectivity index (χ2n) is 7.67. The number of aromatic nitrogens is 2. The van der Waals surface area contributed by atoms with Crippen molar-refractivity contribution in [2.45, 2.75) is 78.3 Å². The Balaban J connectivity index is 1.80. The number of alkyl halides is 1. The number of aryl methyl sites for hydroxylation is 1. The largest absolute Gasteiger partial charge is 0.491 e. The Kier molecular flexibility index (Phi) is 9.95. The van der Waals surface area contributed by atoms with Crippen LogP contribution in [0.2, 0.25) is 0 Å². The van der Waals surface area contributed by atoms with E-state index in [1.807, 2.05) is 50.5 Å². The van der Waals surface area contributed by atoms with Crippen LogP contribution in [-0.4, -0.2) is 22.7 Å². The summed E-state index contributed by atoms with van der Waals surface area (Å²) < 4.78 is 19.4. The monoisotopic (exact) mass is 386 g/mol. The zero-order valence-electron chi connectivity index (χ0n) is 17.7. The minimum absolute atomic E-state index is 0.0162. The Morgan fingerprint density at radius 1 is 0.929 bits per heavy atom. The van der Waals surface area contributed by atoms with Crippen molar-refractivity contribution in [1.82, 2.24) is 9.97 Å². The lowest BCUT2D eigenvalue weighted by atomic mass is 10.0. The Bertz CT molecular complexity index is 657. The molecule has 2 unspecified atom stereocenters. The van der Waals surface area contributed by atoms with Crippen molar-refractivity contribution in [1.29, 1.82) is 0 Å². The third-order valence-corrected chi connectivity index (χ3v) is 5.31. The van der Waals surface area contributed by atoms with Crippen LogP contribution in [-0.2, 0) is 6.42 Å². The van der Waals surface area contributed by atoms with Crippen molar-refractivity contribution in [2.24, 2.45) is 5.92 Å². The van der Waals surface area contributed by atoms with Gasteiger partial charge in [0, 0.05) is 18.0 Å². The summed E-state index contributed by atoms with van der Waals surface area (Å²) in [6.07, 6.45) is 12.5. The van der Waals surface area contributed by atoms with Crippen molar-refractivity contribution in [3.8, 4) is 17.1 Å². The van der Waals surface area contributed by atoms with Crippen LogP contribution >= 0.6 is 0 Å². The average Bonchev–Trinajstić information content (AvgIpc) is 2.74. The minimum Gasteiger partial charge on any atom is -0.491 e. The lowest BCUT2D eigenvalue weighted by molar-refractivity contribution is 0.145. The van der Waals surface area contributed by atoms with Crippen molar-refractivity contribution in [2.75, 3.05) is 6.61 Å². The summed E-state index contributed by atoms with van der Waals surface area (Å²) in [6, 6.07) is 7.56. The molecular formula is C24H35FN2O. The third kappa shape index (κ3) is 7.57. The van der Waals surface area contributed by atoms with E-state index in [0.717, 1.165) is 18.4 Å². The Morgan fingerprint density at radius 3 is 2.21 bits per heavy atom. The number of unbranched alkanes of at least 4 members (excludes halogenated alkanes) is 5. The molecule has 0 bridgehead atoms. The van der Waals surface area contributed by atoms with Crippen LogP contribution in [0.3, 0.4) is 0 Å². The molecule has 0 aliphatic rings. The summed E-state index contributed by atoms with van der Waals surface area (Å²) in [5.41, 5.74) is 2.13. The highest BCUT2D eigenvalue weighted by Gasteiger charge is 2.15. The number of halogens is 1. The van der Waals surface area contributed by atoms with Crippen molar-refractivity contribution < 1.29 is 9.13 Å². The number of hydrogen-bond donors (Lipinski definition) is 0. The zero-order valence-corrected chi connectivity index (χ0v) is 17.7. The van der Waals surface area contributed by atoms with Gasteiger partial charge in [0.25, 0.3) is 0 Å². The standard InChI is InChI=1S/C24H35FN2O/c1-4-6-7-8-9-10-11-20-16-26-24(27-17-20)21-12-14-22(15-13-21)28-18-23(25)19(3)5-2/h12-17,19,23H,4-11,18H2,1-3H3. The predicted molar refractivity (Wildman–Crippen MR) is 114 cm³/mol. The lowest BCUT2D eigenvalue weighted by Crippen LogP contribution is -2.20. The van der Waals surface area contributed by atoms with E-state index < -0.39 is 6.17 Å². The van der Waals surface area contributed by atoms with Gasteiger partial charge in [-0.15, -0.1) is 0 Å². The SMILES string of the molecule is CCCCCCCCc1cnc(-c2ccc(OCC(F)C(C)CC)cc2)nc1. The van der Waals surface area contributed by atoms with Gasteiger partial charge in [0.05, 0.1) is 0 Å². The van der Waals surface area contributed by atoms with E-state index in [-0.39, 0.29) is 12.5 Å². The molecule has 0 fully saturated rings. The van der Waals surface area contributed by atoms with Crippen LogP contribution in [0.25, 0.3) is 11.4 Å². The maximum atomic E-state index is 13.9. The van der Waals surface area contributed by atoms with Gasteiger partial charge in [-0.25, -0.2) is 14.4 Å².